The molecule has 1 aromatic heterocycles. The Hall–Kier alpha value is -9.24. The van der Waals surface area contributed by atoms with Gasteiger partial charge in [-0.2, -0.15) is 0 Å². The van der Waals surface area contributed by atoms with E-state index < -0.39 is 5.41 Å². The molecule has 0 unspecified atom stereocenters. The first-order chi connectivity index (χ1) is 35.2. The molecule has 1 aliphatic carbocycles. The minimum Gasteiger partial charge on any atom is -0.456 e. The van der Waals surface area contributed by atoms with E-state index >= 15 is 0 Å². The van der Waals surface area contributed by atoms with Crippen LogP contribution < -0.4 is 4.90 Å². The van der Waals surface area contributed by atoms with E-state index in [0.717, 1.165) is 61.1 Å². The average Bonchev–Trinajstić information content (AvgIpc) is 3.96. The Labute approximate surface area is 413 Å². The van der Waals surface area contributed by atoms with Crippen molar-refractivity contribution in [1.82, 2.24) is 0 Å². The molecule has 332 valence electrons. The van der Waals surface area contributed by atoms with Crippen LogP contribution in [0.2, 0.25) is 0 Å². The molecule has 0 saturated carbocycles. The van der Waals surface area contributed by atoms with Crippen molar-refractivity contribution in [2.24, 2.45) is 0 Å². The molecule has 0 bridgehead atoms. The number of hydrogen-bond donors (Lipinski definition) is 0. The van der Waals surface area contributed by atoms with Gasteiger partial charge in [-0.1, -0.05) is 224 Å². The molecule has 0 spiro atoms. The second kappa shape index (κ2) is 16.5. The van der Waals surface area contributed by atoms with E-state index in [0.29, 0.717) is 0 Å². The minimum absolute atomic E-state index is 0.554. The lowest BCUT2D eigenvalue weighted by atomic mass is 9.67. The molecule has 1 aliphatic rings. The molecule has 1 heterocycles. The Morgan fingerprint density at radius 3 is 1.59 bits per heavy atom. The highest BCUT2D eigenvalue weighted by atomic mass is 16.3. The summed E-state index contributed by atoms with van der Waals surface area (Å²) in [4.78, 5) is 2.46. The number of hydrogen-bond acceptors (Lipinski definition) is 2. The Morgan fingerprint density at radius 1 is 0.296 bits per heavy atom. The van der Waals surface area contributed by atoms with E-state index in [2.05, 4.69) is 278 Å². The molecular formula is C69H45NO. The first-order valence-electron chi connectivity index (χ1n) is 24.5. The van der Waals surface area contributed by atoms with Gasteiger partial charge < -0.3 is 9.32 Å². The largest absolute Gasteiger partial charge is 0.456 e. The number of anilines is 3. The van der Waals surface area contributed by atoms with Gasteiger partial charge in [0.05, 0.1) is 11.1 Å². The normalized spacial score (nSPS) is 12.6. The average molecular weight is 904 g/mol. The molecule has 0 saturated heterocycles. The molecule has 0 aliphatic heterocycles. The lowest BCUT2D eigenvalue weighted by Crippen LogP contribution is -2.28. The smallest absolute Gasteiger partial charge is 0.136 e. The predicted molar refractivity (Wildman–Crippen MR) is 297 cm³/mol. The van der Waals surface area contributed by atoms with Crippen molar-refractivity contribution in [2.45, 2.75) is 5.41 Å². The summed E-state index contributed by atoms with van der Waals surface area (Å²) in [7, 11) is 0. The maximum Gasteiger partial charge on any atom is 0.136 e. The van der Waals surface area contributed by atoms with E-state index in [9.17, 15) is 0 Å². The van der Waals surface area contributed by atoms with Crippen LogP contribution in [0.4, 0.5) is 17.1 Å². The summed E-state index contributed by atoms with van der Waals surface area (Å²) >= 11 is 0. The van der Waals surface area contributed by atoms with Crippen molar-refractivity contribution >= 4 is 60.5 Å². The van der Waals surface area contributed by atoms with Crippen LogP contribution in [-0.4, -0.2) is 0 Å². The molecule has 0 amide bonds. The molecule has 71 heavy (non-hydrogen) atoms. The summed E-state index contributed by atoms with van der Waals surface area (Å²) in [6.07, 6.45) is 0. The van der Waals surface area contributed by atoms with Crippen molar-refractivity contribution in [1.29, 1.82) is 0 Å². The van der Waals surface area contributed by atoms with Crippen LogP contribution in [0.5, 0.6) is 0 Å². The third kappa shape index (κ3) is 6.49. The molecule has 14 rings (SSSR count). The van der Waals surface area contributed by atoms with Gasteiger partial charge in [-0.3, -0.25) is 0 Å². The fraction of sp³-hybridized carbons (Fsp3) is 0.0145. The molecule has 0 radical (unpaired) electrons. The van der Waals surface area contributed by atoms with Gasteiger partial charge in [-0.25, -0.2) is 0 Å². The van der Waals surface area contributed by atoms with Gasteiger partial charge in [0.15, 0.2) is 0 Å². The summed E-state index contributed by atoms with van der Waals surface area (Å²) in [6, 6.07) is 99.9. The Kier molecular flexibility index (Phi) is 9.47. The standard InChI is InChI=1S/C69H45NO/c1-3-21-52(22-4-1)69(53-23-5-2-6-24-53)63-30-13-11-26-58(63)59-42-41-55(45-64(59)69)70(54-39-37-47(38-40-54)46-33-35-49(36-34-46)57-28-15-20-48-17-9-10-25-56(48)57)65-31-14-12-27-60(65)61-29-16-32-66-68(61)62-43-50-18-7-8-19-51(50)44-67(62)71-66/h1-45H. The number of furan rings is 1. The molecule has 0 atom stereocenters. The molecule has 13 aromatic rings. The van der Waals surface area contributed by atoms with Gasteiger partial charge in [0.2, 0.25) is 0 Å². The lowest BCUT2D eigenvalue weighted by Gasteiger charge is -2.35. The molecule has 2 heteroatoms. The second-order valence-corrected chi connectivity index (χ2v) is 18.7. The quantitative estimate of drug-likeness (QED) is 0.151. The predicted octanol–water partition coefficient (Wildman–Crippen LogP) is 18.7. The van der Waals surface area contributed by atoms with Crippen molar-refractivity contribution < 1.29 is 4.42 Å². The van der Waals surface area contributed by atoms with Crippen LogP contribution in [0.3, 0.4) is 0 Å². The van der Waals surface area contributed by atoms with E-state index in [-0.39, 0.29) is 0 Å². The van der Waals surface area contributed by atoms with Crippen LogP contribution in [0, 0.1) is 0 Å². The van der Waals surface area contributed by atoms with Crippen LogP contribution in [-0.2, 0) is 5.41 Å². The van der Waals surface area contributed by atoms with Crippen LogP contribution in [0.1, 0.15) is 22.3 Å². The number of nitrogens with zero attached hydrogens (tertiary/aromatic N) is 1. The summed E-state index contributed by atoms with van der Waals surface area (Å²) in [5.74, 6) is 0. The molecule has 0 N–H and O–H groups in total. The van der Waals surface area contributed by atoms with Gasteiger partial charge in [0, 0.05) is 27.7 Å². The van der Waals surface area contributed by atoms with Crippen LogP contribution >= 0.6 is 0 Å². The topological polar surface area (TPSA) is 16.4 Å². The monoisotopic (exact) mass is 903 g/mol. The maximum absolute atomic E-state index is 6.67. The van der Waals surface area contributed by atoms with E-state index in [1.807, 2.05) is 0 Å². The summed E-state index contributed by atoms with van der Waals surface area (Å²) in [5.41, 5.74) is 19.0. The number of rotatable bonds is 8. The van der Waals surface area contributed by atoms with Gasteiger partial charge in [0.25, 0.3) is 0 Å². The van der Waals surface area contributed by atoms with E-state index in [1.165, 1.54) is 66.2 Å². The molecular weight excluding hydrogens is 859 g/mol. The summed E-state index contributed by atoms with van der Waals surface area (Å²) in [5, 5.41) is 7.08. The Balaban J connectivity index is 0.967. The van der Waals surface area contributed by atoms with Crippen molar-refractivity contribution in [3.8, 4) is 44.5 Å². The summed E-state index contributed by atoms with van der Waals surface area (Å²) < 4.78 is 6.67. The molecule has 12 aromatic carbocycles. The van der Waals surface area contributed by atoms with Crippen LogP contribution in [0.25, 0.3) is 88.0 Å². The first kappa shape index (κ1) is 40.8. The highest BCUT2D eigenvalue weighted by Crippen LogP contribution is 2.57. The Morgan fingerprint density at radius 2 is 0.831 bits per heavy atom. The van der Waals surface area contributed by atoms with Crippen molar-refractivity contribution in [2.75, 3.05) is 4.90 Å². The fourth-order valence-corrected chi connectivity index (χ4v) is 11.8. The zero-order chi connectivity index (χ0) is 46.9. The van der Waals surface area contributed by atoms with Gasteiger partial charge >= 0.3 is 0 Å². The van der Waals surface area contributed by atoms with Gasteiger partial charge in [0.1, 0.15) is 11.2 Å². The fourth-order valence-electron chi connectivity index (χ4n) is 11.8. The zero-order valence-electron chi connectivity index (χ0n) is 38.8. The lowest BCUT2D eigenvalue weighted by molar-refractivity contribution is 0.669. The maximum atomic E-state index is 6.67. The highest BCUT2D eigenvalue weighted by molar-refractivity contribution is 6.16. The SMILES string of the molecule is c1ccc(C2(c3ccccc3)c3ccccc3-c3ccc(N(c4ccc(-c5ccc(-c6cccc7ccccc67)cc5)cc4)c4ccccc4-c4cccc5oc6cc7ccccc7cc6c45)cc32)cc1. The number of benzene rings is 12. The van der Waals surface area contributed by atoms with Crippen LogP contribution in [0.15, 0.2) is 277 Å². The highest BCUT2D eigenvalue weighted by Gasteiger charge is 2.46. The number of fused-ring (bicyclic) bond motifs is 8. The number of para-hydroxylation sites is 1. The first-order valence-corrected chi connectivity index (χ1v) is 24.5. The minimum atomic E-state index is -0.554. The van der Waals surface area contributed by atoms with Gasteiger partial charge in [-0.15, -0.1) is 0 Å². The second-order valence-electron chi connectivity index (χ2n) is 18.7. The molecule has 2 nitrogen and oxygen atoms in total. The summed E-state index contributed by atoms with van der Waals surface area (Å²) in [6.45, 7) is 0. The Bertz CT molecular complexity index is 4110. The third-order valence-electron chi connectivity index (χ3n) is 14.9. The van der Waals surface area contributed by atoms with Crippen molar-refractivity contribution in [3.05, 3.63) is 295 Å². The van der Waals surface area contributed by atoms with Gasteiger partial charge in [-0.05, 0) is 131 Å². The molecule has 0 fully saturated rings. The van der Waals surface area contributed by atoms with Crippen molar-refractivity contribution in [3.63, 3.8) is 0 Å². The zero-order valence-corrected chi connectivity index (χ0v) is 38.8. The van der Waals surface area contributed by atoms with E-state index in [1.54, 1.807) is 0 Å². The third-order valence-corrected chi connectivity index (χ3v) is 14.9. The van der Waals surface area contributed by atoms with E-state index in [4.69, 9.17) is 4.42 Å².